The Morgan fingerprint density at radius 1 is 1.35 bits per heavy atom. The highest BCUT2D eigenvalue weighted by atomic mass is 79.9. The first kappa shape index (κ1) is 13.6. The Bertz CT molecular complexity index is 588. The van der Waals surface area contributed by atoms with Gasteiger partial charge in [-0.15, -0.1) is 0 Å². The van der Waals surface area contributed by atoms with Crippen LogP contribution in [0.1, 0.15) is 12.5 Å². The zero-order valence-corrected chi connectivity index (χ0v) is 13.0. The molecular formula is C16H17BrN2O. The number of benzene rings is 1. The summed E-state index contributed by atoms with van der Waals surface area (Å²) in [5.74, 6) is 0. The molecule has 2 aromatic rings. The van der Waals surface area contributed by atoms with Crippen molar-refractivity contribution in [2.75, 3.05) is 18.1 Å². The van der Waals surface area contributed by atoms with Crippen LogP contribution in [-0.4, -0.2) is 24.2 Å². The van der Waals surface area contributed by atoms with Crippen molar-refractivity contribution in [1.29, 1.82) is 0 Å². The van der Waals surface area contributed by atoms with Gasteiger partial charge in [0, 0.05) is 29.3 Å². The highest BCUT2D eigenvalue weighted by Gasteiger charge is 2.19. The first-order valence-electron chi connectivity index (χ1n) is 6.81. The molecule has 0 N–H and O–H groups in total. The molecule has 4 heteroatoms. The molecule has 20 heavy (non-hydrogen) atoms. The average molecular weight is 333 g/mol. The van der Waals surface area contributed by atoms with Crippen LogP contribution >= 0.6 is 15.9 Å². The zero-order chi connectivity index (χ0) is 13.9. The van der Waals surface area contributed by atoms with Gasteiger partial charge in [0.15, 0.2) is 0 Å². The number of aromatic nitrogens is 1. The second kappa shape index (κ2) is 5.94. The molecule has 1 aliphatic heterocycles. The van der Waals surface area contributed by atoms with E-state index in [1.807, 2.05) is 12.3 Å². The normalized spacial score (nSPS) is 19.1. The minimum absolute atomic E-state index is 0.256. The lowest BCUT2D eigenvalue weighted by Crippen LogP contribution is -2.29. The van der Waals surface area contributed by atoms with Crippen molar-refractivity contribution in [2.45, 2.75) is 19.4 Å². The SMILES string of the molecule is CC1Cc2ccc(Br)cc2N(c2cccnc2)CCO1. The third kappa shape index (κ3) is 2.86. The predicted molar refractivity (Wildman–Crippen MR) is 84.5 cm³/mol. The Morgan fingerprint density at radius 2 is 2.25 bits per heavy atom. The summed E-state index contributed by atoms with van der Waals surface area (Å²) >= 11 is 3.58. The summed E-state index contributed by atoms with van der Waals surface area (Å²) in [6.45, 7) is 3.69. The van der Waals surface area contributed by atoms with Gasteiger partial charge in [0.05, 0.1) is 24.6 Å². The summed E-state index contributed by atoms with van der Waals surface area (Å²) in [6.07, 6.45) is 4.88. The Kier molecular flexibility index (Phi) is 4.03. The standard InChI is InChI=1S/C16H17BrN2O/c1-12-9-13-4-5-14(17)10-16(13)19(7-8-20-12)15-3-2-6-18-11-15/h2-6,10-12H,7-9H2,1H3. The fourth-order valence-corrected chi connectivity index (χ4v) is 2.93. The van der Waals surface area contributed by atoms with Crippen LogP contribution in [0, 0.1) is 0 Å². The van der Waals surface area contributed by atoms with Gasteiger partial charge in [-0.3, -0.25) is 4.98 Å². The van der Waals surface area contributed by atoms with Crippen LogP contribution in [0.4, 0.5) is 11.4 Å². The van der Waals surface area contributed by atoms with Crippen LogP contribution in [-0.2, 0) is 11.2 Å². The molecule has 1 aromatic heterocycles. The summed E-state index contributed by atoms with van der Waals surface area (Å²) in [6, 6.07) is 10.5. The third-order valence-electron chi connectivity index (χ3n) is 3.52. The summed E-state index contributed by atoms with van der Waals surface area (Å²) in [4.78, 5) is 6.51. The molecule has 2 heterocycles. The van der Waals surface area contributed by atoms with Crippen LogP contribution in [0.3, 0.4) is 0 Å². The van der Waals surface area contributed by atoms with Crippen LogP contribution in [0.25, 0.3) is 0 Å². The number of fused-ring (bicyclic) bond motifs is 1. The van der Waals surface area contributed by atoms with Crippen molar-refractivity contribution in [2.24, 2.45) is 0 Å². The minimum Gasteiger partial charge on any atom is -0.376 e. The van der Waals surface area contributed by atoms with E-state index in [1.54, 1.807) is 6.20 Å². The lowest BCUT2D eigenvalue weighted by atomic mass is 10.0. The minimum atomic E-state index is 0.256. The topological polar surface area (TPSA) is 25.4 Å². The molecule has 0 saturated heterocycles. The van der Waals surface area contributed by atoms with Gasteiger partial charge in [-0.25, -0.2) is 0 Å². The van der Waals surface area contributed by atoms with Gasteiger partial charge in [-0.2, -0.15) is 0 Å². The first-order chi connectivity index (χ1) is 9.74. The van der Waals surface area contributed by atoms with Crippen molar-refractivity contribution in [3.8, 4) is 0 Å². The monoisotopic (exact) mass is 332 g/mol. The Morgan fingerprint density at radius 3 is 3.05 bits per heavy atom. The van der Waals surface area contributed by atoms with E-state index in [2.05, 4.69) is 57.0 Å². The second-order valence-corrected chi connectivity index (χ2v) is 5.94. The molecule has 1 unspecified atom stereocenters. The number of nitrogens with zero attached hydrogens (tertiary/aromatic N) is 2. The fraction of sp³-hybridized carbons (Fsp3) is 0.312. The van der Waals surface area contributed by atoms with Gasteiger partial charge in [-0.05, 0) is 36.8 Å². The van der Waals surface area contributed by atoms with Crippen molar-refractivity contribution in [3.63, 3.8) is 0 Å². The Balaban J connectivity index is 2.07. The Labute approximate surface area is 127 Å². The maximum atomic E-state index is 5.85. The van der Waals surface area contributed by atoms with Crippen molar-refractivity contribution < 1.29 is 4.74 Å². The number of anilines is 2. The number of rotatable bonds is 1. The van der Waals surface area contributed by atoms with Crippen molar-refractivity contribution in [3.05, 3.63) is 52.8 Å². The van der Waals surface area contributed by atoms with Crippen LogP contribution in [0.5, 0.6) is 0 Å². The molecule has 3 rings (SSSR count). The van der Waals surface area contributed by atoms with Gasteiger partial charge < -0.3 is 9.64 Å². The van der Waals surface area contributed by atoms with Crippen LogP contribution in [0.2, 0.25) is 0 Å². The zero-order valence-electron chi connectivity index (χ0n) is 11.4. The third-order valence-corrected chi connectivity index (χ3v) is 4.01. The van der Waals surface area contributed by atoms with E-state index in [9.17, 15) is 0 Å². The summed E-state index contributed by atoms with van der Waals surface area (Å²) < 4.78 is 6.94. The molecule has 0 spiro atoms. The number of ether oxygens (including phenoxy) is 1. The molecule has 0 aliphatic carbocycles. The largest absolute Gasteiger partial charge is 0.376 e. The molecular weight excluding hydrogens is 316 g/mol. The lowest BCUT2D eigenvalue weighted by molar-refractivity contribution is 0.0703. The first-order valence-corrected chi connectivity index (χ1v) is 7.61. The van der Waals surface area contributed by atoms with Crippen molar-refractivity contribution in [1.82, 2.24) is 4.98 Å². The summed E-state index contributed by atoms with van der Waals surface area (Å²) in [7, 11) is 0. The summed E-state index contributed by atoms with van der Waals surface area (Å²) in [5.41, 5.74) is 3.65. The molecule has 0 saturated carbocycles. The van der Waals surface area contributed by atoms with E-state index in [1.165, 1.54) is 11.3 Å². The fourth-order valence-electron chi connectivity index (χ4n) is 2.58. The molecule has 0 bridgehead atoms. The van der Waals surface area contributed by atoms with Gasteiger partial charge in [-0.1, -0.05) is 22.0 Å². The molecule has 1 aromatic carbocycles. The highest BCUT2D eigenvalue weighted by molar-refractivity contribution is 9.10. The number of hydrogen-bond acceptors (Lipinski definition) is 3. The molecule has 3 nitrogen and oxygen atoms in total. The van der Waals surface area contributed by atoms with Crippen LogP contribution in [0.15, 0.2) is 47.2 Å². The van der Waals surface area contributed by atoms with E-state index in [4.69, 9.17) is 4.74 Å². The second-order valence-electron chi connectivity index (χ2n) is 5.02. The van der Waals surface area contributed by atoms with Gasteiger partial charge in [0.1, 0.15) is 0 Å². The van der Waals surface area contributed by atoms with Gasteiger partial charge in [0.25, 0.3) is 0 Å². The molecule has 1 aliphatic rings. The number of halogens is 1. The quantitative estimate of drug-likeness (QED) is 0.790. The maximum Gasteiger partial charge on any atom is 0.0649 e. The Hall–Kier alpha value is -1.39. The predicted octanol–water partition coefficient (Wildman–Crippen LogP) is 3.94. The molecule has 0 amide bonds. The van der Waals surface area contributed by atoms with E-state index >= 15 is 0 Å². The number of pyridine rings is 1. The van der Waals surface area contributed by atoms with Gasteiger partial charge in [0.2, 0.25) is 0 Å². The van der Waals surface area contributed by atoms with E-state index in [-0.39, 0.29) is 6.10 Å². The maximum absolute atomic E-state index is 5.85. The molecule has 104 valence electrons. The average Bonchev–Trinajstić information content (AvgIpc) is 2.45. The van der Waals surface area contributed by atoms with E-state index < -0.39 is 0 Å². The molecule has 0 fully saturated rings. The van der Waals surface area contributed by atoms with Crippen molar-refractivity contribution >= 4 is 27.3 Å². The highest BCUT2D eigenvalue weighted by Crippen LogP contribution is 2.32. The summed E-state index contributed by atoms with van der Waals surface area (Å²) in [5, 5.41) is 0. The van der Waals surface area contributed by atoms with Gasteiger partial charge >= 0.3 is 0 Å². The smallest absolute Gasteiger partial charge is 0.0649 e. The van der Waals surface area contributed by atoms with Crippen LogP contribution < -0.4 is 4.90 Å². The molecule has 1 atom stereocenters. The number of hydrogen-bond donors (Lipinski definition) is 0. The lowest BCUT2D eigenvalue weighted by Gasteiger charge is -2.31. The molecule has 0 radical (unpaired) electrons. The van der Waals surface area contributed by atoms with E-state index in [0.717, 1.165) is 29.7 Å². The van der Waals surface area contributed by atoms with E-state index in [0.29, 0.717) is 0 Å².